The van der Waals surface area contributed by atoms with E-state index in [-0.39, 0.29) is 5.91 Å². The molecular weight excluding hydrogens is 224 g/mol. The second-order valence-electron chi connectivity index (χ2n) is 5.24. The summed E-state index contributed by atoms with van der Waals surface area (Å²) < 4.78 is 0. The number of amides is 1. The Balaban J connectivity index is 1.55. The lowest BCUT2D eigenvalue weighted by Gasteiger charge is -2.32. The van der Waals surface area contributed by atoms with E-state index in [1.165, 1.54) is 5.56 Å². The summed E-state index contributed by atoms with van der Waals surface area (Å²) in [6.07, 6.45) is 4.63. The standard InChI is InChI=1S/C15H22N2O/c16-14-9-13(10-14)11-17-15(18)8-4-7-12-5-2-1-3-6-12/h1-3,5-6,13-14H,4,7-11,16H2,(H,17,18). The molecule has 98 valence electrons. The molecule has 1 aromatic rings. The summed E-state index contributed by atoms with van der Waals surface area (Å²) in [4.78, 5) is 11.6. The summed E-state index contributed by atoms with van der Waals surface area (Å²) in [6, 6.07) is 10.7. The van der Waals surface area contributed by atoms with Crippen LogP contribution in [0.3, 0.4) is 0 Å². The molecule has 1 aromatic carbocycles. The fraction of sp³-hybridized carbons (Fsp3) is 0.533. The number of benzene rings is 1. The van der Waals surface area contributed by atoms with Crippen LogP contribution in [0.25, 0.3) is 0 Å². The minimum atomic E-state index is 0.173. The van der Waals surface area contributed by atoms with Gasteiger partial charge in [0.15, 0.2) is 0 Å². The molecule has 0 radical (unpaired) electrons. The molecular formula is C15H22N2O. The van der Waals surface area contributed by atoms with Gasteiger partial charge < -0.3 is 11.1 Å². The van der Waals surface area contributed by atoms with Crippen molar-refractivity contribution in [2.75, 3.05) is 6.54 Å². The average Bonchev–Trinajstić information content (AvgIpc) is 2.34. The zero-order valence-corrected chi connectivity index (χ0v) is 10.8. The van der Waals surface area contributed by atoms with E-state index < -0.39 is 0 Å². The summed E-state index contributed by atoms with van der Waals surface area (Å²) in [5, 5.41) is 3.00. The van der Waals surface area contributed by atoms with E-state index in [4.69, 9.17) is 5.73 Å². The van der Waals surface area contributed by atoms with E-state index in [0.717, 1.165) is 32.2 Å². The lowest BCUT2D eigenvalue weighted by molar-refractivity contribution is -0.121. The first-order valence-corrected chi connectivity index (χ1v) is 6.80. The summed E-state index contributed by atoms with van der Waals surface area (Å²) in [5.41, 5.74) is 7.01. The van der Waals surface area contributed by atoms with Crippen LogP contribution in [0.5, 0.6) is 0 Å². The Morgan fingerprint density at radius 1 is 1.28 bits per heavy atom. The zero-order valence-electron chi connectivity index (χ0n) is 10.8. The number of hydrogen-bond acceptors (Lipinski definition) is 2. The molecule has 0 unspecified atom stereocenters. The SMILES string of the molecule is NC1CC(CNC(=O)CCCc2ccccc2)C1. The van der Waals surface area contributed by atoms with Gasteiger partial charge in [0.05, 0.1) is 0 Å². The molecule has 0 saturated heterocycles. The van der Waals surface area contributed by atoms with Gasteiger partial charge in [0.25, 0.3) is 0 Å². The van der Waals surface area contributed by atoms with Gasteiger partial charge in [-0.15, -0.1) is 0 Å². The first-order chi connectivity index (χ1) is 8.74. The van der Waals surface area contributed by atoms with E-state index in [1.54, 1.807) is 0 Å². The van der Waals surface area contributed by atoms with Crippen LogP contribution in [-0.2, 0) is 11.2 Å². The van der Waals surface area contributed by atoms with Crippen LogP contribution in [0.2, 0.25) is 0 Å². The highest BCUT2D eigenvalue weighted by Gasteiger charge is 2.25. The maximum Gasteiger partial charge on any atom is 0.220 e. The van der Waals surface area contributed by atoms with Crippen molar-refractivity contribution in [2.45, 2.75) is 38.1 Å². The van der Waals surface area contributed by atoms with Crippen LogP contribution in [0.1, 0.15) is 31.2 Å². The zero-order chi connectivity index (χ0) is 12.8. The Morgan fingerprint density at radius 3 is 2.67 bits per heavy atom. The van der Waals surface area contributed by atoms with Crippen molar-refractivity contribution >= 4 is 5.91 Å². The normalized spacial score (nSPS) is 22.3. The van der Waals surface area contributed by atoms with E-state index in [1.807, 2.05) is 18.2 Å². The number of hydrogen-bond donors (Lipinski definition) is 2. The molecule has 1 fully saturated rings. The lowest BCUT2D eigenvalue weighted by Crippen LogP contribution is -2.42. The topological polar surface area (TPSA) is 55.1 Å². The Hall–Kier alpha value is -1.35. The van der Waals surface area contributed by atoms with Crippen LogP contribution in [0.4, 0.5) is 0 Å². The third-order valence-corrected chi connectivity index (χ3v) is 3.57. The monoisotopic (exact) mass is 246 g/mol. The van der Waals surface area contributed by atoms with Gasteiger partial charge >= 0.3 is 0 Å². The number of carbonyl (C=O) groups excluding carboxylic acids is 1. The summed E-state index contributed by atoms with van der Waals surface area (Å²) in [7, 11) is 0. The van der Waals surface area contributed by atoms with Gasteiger partial charge in [-0.25, -0.2) is 0 Å². The molecule has 0 aromatic heterocycles. The van der Waals surface area contributed by atoms with Crippen molar-refractivity contribution < 1.29 is 4.79 Å². The highest BCUT2D eigenvalue weighted by atomic mass is 16.1. The first-order valence-electron chi connectivity index (χ1n) is 6.80. The maximum absolute atomic E-state index is 11.6. The minimum Gasteiger partial charge on any atom is -0.356 e. The van der Waals surface area contributed by atoms with Crippen molar-refractivity contribution in [1.82, 2.24) is 5.32 Å². The van der Waals surface area contributed by atoms with Crippen molar-refractivity contribution in [3.63, 3.8) is 0 Å². The highest BCUT2D eigenvalue weighted by molar-refractivity contribution is 5.75. The van der Waals surface area contributed by atoms with Gasteiger partial charge in [0, 0.05) is 19.0 Å². The third kappa shape index (κ3) is 4.15. The van der Waals surface area contributed by atoms with Crippen LogP contribution in [-0.4, -0.2) is 18.5 Å². The predicted octanol–water partition coefficient (Wildman–Crippen LogP) is 1.86. The van der Waals surface area contributed by atoms with Gasteiger partial charge in [0.2, 0.25) is 5.91 Å². The molecule has 1 amide bonds. The van der Waals surface area contributed by atoms with Crippen molar-refractivity contribution in [3.05, 3.63) is 35.9 Å². The molecule has 3 nitrogen and oxygen atoms in total. The first kappa shape index (κ1) is 13.1. The minimum absolute atomic E-state index is 0.173. The number of nitrogens with one attached hydrogen (secondary N) is 1. The van der Waals surface area contributed by atoms with Crippen LogP contribution in [0, 0.1) is 5.92 Å². The average molecular weight is 246 g/mol. The molecule has 1 aliphatic rings. The van der Waals surface area contributed by atoms with Crippen LogP contribution in [0.15, 0.2) is 30.3 Å². The second-order valence-corrected chi connectivity index (χ2v) is 5.24. The number of carbonyl (C=O) groups is 1. The Bertz CT molecular complexity index is 371. The maximum atomic E-state index is 11.6. The molecule has 0 aliphatic heterocycles. The lowest BCUT2D eigenvalue weighted by atomic mass is 9.81. The third-order valence-electron chi connectivity index (χ3n) is 3.57. The molecule has 3 N–H and O–H groups in total. The Kier molecular flexibility index (Phi) is 4.76. The smallest absolute Gasteiger partial charge is 0.220 e. The molecule has 3 heteroatoms. The highest BCUT2D eigenvalue weighted by Crippen LogP contribution is 2.24. The van der Waals surface area contributed by atoms with Crippen LogP contribution >= 0.6 is 0 Å². The van der Waals surface area contributed by atoms with Gasteiger partial charge in [0.1, 0.15) is 0 Å². The van der Waals surface area contributed by atoms with Crippen molar-refractivity contribution in [2.24, 2.45) is 11.7 Å². The van der Waals surface area contributed by atoms with Crippen LogP contribution < -0.4 is 11.1 Å². The van der Waals surface area contributed by atoms with Crippen molar-refractivity contribution in [3.8, 4) is 0 Å². The van der Waals surface area contributed by atoms with E-state index >= 15 is 0 Å². The van der Waals surface area contributed by atoms with Gasteiger partial charge in [-0.2, -0.15) is 0 Å². The van der Waals surface area contributed by atoms with Gasteiger partial charge in [-0.3, -0.25) is 4.79 Å². The molecule has 0 atom stereocenters. The number of rotatable bonds is 6. The van der Waals surface area contributed by atoms with E-state index in [2.05, 4.69) is 17.4 Å². The van der Waals surface area contributed by atoms with Crippen molar-refractivity contribution in [1.29, 1.82) is 0 Å². The molecule has 0 bridgehead atoms. The van der Waals surface area contributed by atoms with Gasteiger partial charge in [-0.05, 0) is 37.2 Å². The molecule has 0 heterocycles. The fourth-order valence-corrected chi connectivity index (χ4v) is 2.40. The summed E-state index contributed by atoms with van der Waals surface area (Å²) in [6.45, 7) is 0.803. The number of nitrogens with two attached hydrogens (primary N) is 1. The molecule has 18 heavy (non-hydrogen) atoms. The summed E-state index contributed by atoms with van der Waals surface area (Å²) >= 11 is 0. The Morgan fingerprint density at radius 2 is 2.00 bits per heavy atom. The van der Waals surface area contributed by atoms with E-state index in [0.29, 0.717) is 18.4 Å². The quantitative estimate of drug-likeness (QED) is 0.805. The van der Waals surface area contributed by atoms with E-state index in [9.17, 15) is 4.79 Å². The second kappa shape index (κ2) is 6.55. The molecule has 1 saturated carbocycles. The number of aryl methyl sites for hydroxylation is 1. The Labute approximate surface area is 109 Å². The largest absolute Gasteiger partial charge is 0.356 e. The predicted molar refractivity (Wildman–Crippen MR) is 73.1 cm³/mol. The fourth-order valence-electron chi connectivity index (χ4n) is 2.40. The molecule has 1 aliphatic carbocycles. The molecule has 0 spiro atoms. The summed E-state index contributed by atoms with van der Waals surface area (Å²) in [5.74, 6) is 0.782. The van der Waals surface area contributed by atoms with Gasteiger partial charge in [-0.1, -0.05) is 30.3 Å². The molecule has 2 rings (SSSR count).